The van der Waals surface area contributed by atoms with Crippen molar-refractivity contribution >= 4 is 64.8 Å². The molecule has 8 nitrogen and oxygen atoms in total. The lowest BCUT2D eigenvalue weighted by atomic mass is 10.1. The highest BCUT2D eigenvalue weighted by atomic mass is 32.2. The number of nitrogens with zero attached hydrogens (tertiary/aromatic N) is 3. The number of aromatic nitrogens is 3. The Morgan fingerprint density at radius 1 is 1.16 bits per heavy atom. The number of anilines is 1. The van der Waals surface area contributed by atoms with E-state index < -0.39 is 16.0 Å². The summed E-state index contributed by atoms with van der Waals surface area (Å²) in [5.74, 6) is -0.685. The van der Waals surface area contributed by atoms with E-state index in [1.165, 1.54) is 29.9 Å². The van der Waals surface area contributed by atoms with Gasteiger partial charge in [-0.25, -0.2) is 23.2 Å². The van der Waals surface area contributed by atoms with Gasteiger partial charge in [0.25, 0.3) is 10.0 Å². The molecule has 0 unspecified atom stereocenters. The maximum Gasteiger partial charge on any atom is 0.349 e. The summed E-state index contributed by atoms with van der Waals surface area (Å²) in [5, 5.41) is 3.77. The smallest absolute Gasteiger partial charge is 0.349 e. The topological polar surface area (TPSA) is 103 Å². The number of benzene rings is 2. The van der Waals surface area contributed by atoms with Crippen LogP contribution in [0.5, 0.6) is 0 Å². The Balaban J connectivity index is 0.000000354. The average Bonchev–Trinajstić information content (AvgIpc) is 3.53. The van der Waals surface area contributed by atoms with Crippen molar-refractivity contribution in [3.8, 4) is 0 Å². The van der Waals surface area contributed by atoms with Gasteiger partial charge in [-0.15, -0.1) is 11.3 Å². The van der Waals surface area contributed by atoms with E-state index in [2.05, 4.69) is 19.4 Å². The molecule has 0 radical (unpaired) electrons. The number of esters is 1. The second-order valence-corrected chi connectivity index (χ2v) is 10.2. The first-order valence-electron chi connectivity index (χ1n) is 9.28. The number of nitrogens with one attached hydrogen (secondary N) is 1. The Bertz CT molecular complexity index is 1490. The minimum atomic E-state index is -3.95. The number of carbonyl (C=O) groups is 1. The Morgan fingerprint density at radius 2 is 1.97 bits per heavy atom. The standard InChI is InChI=1S/C17H12N2O4S3.C4H6N2/c1-23-16(20)15-13(8-9-24-15)26(21,22)19-17-18-14-11-5-3-2-4-10(11)6-7-12(14)25-17;1-6-3-2-5-4-6/h2-9H,1H3,(H,18,19);2-4H,1H3. The van der Waals surface area contributed by atoms with E-state index in [4.69, 9.17) is 0 Å². The minimum Gasteiger partial charge on any atom is -0.465 e. The van der Waals surface area contributed by atoms with Crippen LogP contribution in [0, 0.1) is 0 Å². The number of ether oxygens (including phenoxy) is 1. The quantitative estimate of drug-likeness (QED) is 0.375. The van der Waals surface area contributed by atoms with E-state index in [-0.39, 0.29) is 14.9 Å². The largest absolute Gasteiger partial charge is 0.465 e. The molecule has 0 spiro atoms. The van der Waals surface area contributed by atoms with E-state index in [1.54, 1.807) is 12.5 Å². The predicted octanol–water partition coefficient (Wildman–Crippen LogP) is 4.52. The van der Waals surface area contributed by atoms with Gasteiger partial charge >= 0.3 is 5.97 Å². The number of sulfonamides is 1. The third-order valence-electron chi connectivity index (χ3n) is 4.43. The van der Waals surface area contributed by atoms with Crippen molar-refractivity contribution in [3.63, 3.8) is 0 Å². The van der Waals surface area contributed by atoms with Crippen molar-refractivity contribution in [2.45, 2.75) is 4.90 Å². The van der Waals surface area contributed by atoms with Gasteiger partial charge in [0.1, 0.15) is 9.77 Å². The summed E-state index contributed by atoms with van der Waals surface area (Å²) in [6.07, 6.45) is 5.39. The molecule has 0 amide bonds. The highest BCUT2D eigenvalue weighted by molar-refractivity contribution is 7.93. The van der Waals surface area contributed by atoms with Gasteiger partial charge < -0.3 is 9.30 Å². The zero-order valence-electron chi connectivity index (χ0n) is 17.1. The van der Waals surface area contributed by atoms with Crippen LogP contribution in [0.15, 0.2) is 71.5 Å². The summed E-state index contributed by atoms with van der Waals surface area (Å²) in [6, 6.07) is 13.0. The van der Waals surface area contributed by atoms with Crippen LogP contribution in [0.1, 0.15) is 9.67 Å². The van der Waals surface area contributed by atoms with Crippen LogP contribution in [0.25, 0.3) is 21.0 Å². The second kappa shape index (κ2) is 9.07. The van der Waals surface area contributed by atoms with Crippen LogP contribution in [-0.2, 0) is 21.8 Å². The molecule has 5 rings (SSSR count). The summed E-state index contributed by atoms with van der Waals surface area (Å²) < 4.78 is 35.3. The molecule has 0 bridgehead atoms. The van der Waals surface area contributed by atoms with Crippen LogP contribution in [0.3, 0.4) is 0 Å². The van der Waals surface area contributed by atoms with Gasteiger partial charge in [-0.2, -0.15) is 0 Å². The van der Waals surface area contributed by atoms with Gasteiger partial charge in [0.2, 0.25) is 0 Å². The number of imidazole rings is 1. The fourth-order valence-corrected chi connectivity index (χ4v) is 6.40. The van der Waals surface area contributed by atoms with E-state index in [0.717, 1.165) is 32.3 Å². The van der Waals surface area contributed by atoms with E-state index >= 15 is 0 Å². The number of thiophene rings is 1. The number of aryl methyl sites for hydroxylation is 1. The molecule has 3 aromatic heterocycles. The lowest BCUT2D eigenvalue weighted by molar-refractivity contribution is 0.0602. The molecule has 3 heterocycles. The first kappa shape index (κ1) is 21.9. The fraction of sp³-hybridized carbons (Fsp3) is 0.0952. The molecule has 5 aromatic rings. The molecule has 0 fully saturated rings. The molecule has 0 saturated heterocycles. The molecule has 1 N–H and O–H groups in total. The van der Waals surface area contributed by atoms with Crippen molar-refractivity contribution in [2.24, 2.45) is 7.05 Å². The van der Waals surface area contributed by atoms with Gasteiger partial charge in [-0.3, -0.25) is 4.72 Å². The summed E-state index contributed by atoms with van der Waals surface area (Å²) in [5.41, 5.74) is 0.740. The normalized spacial score (nSPS) is 11.2. The lowest BCUT2D eigenvalue weighted by Gasteiger charge is -2.05. The Kier molecular flexibility index (Phi) is 6.21. The number of carbonyl (C=O) groups excluding carboxylic acids is 1. The van der Waals surface area contributed by atoms with Crippen LogP contribution in [0.4, 0.5) is 5.13 Å². The van der Waals surface area contributed by atoms with Crippen molar-refractivity contribution in [1.29, 1.82) is 0 Å². The zero-order valence-corrected chi connectivity index (χ0v) is 19.5. The van der Waals surface area contributed by atoms with Crippen molar-refractivity contribution in [1.82, 2.24) is 14.5 Å². The molecule has 32 heavy (non-hydrogen) atoms. The summed E-state index contributed by atoms with van der Waals surface area (Å²) in [7, 11) is -0.799. The molecule has 0 aliphatic rings. The third-order valence-corrected chi connectivity index (χ3v) is 7.90. The van der Waals surface area contributed by atoms with Gasteiger partial charge in [-0.05, 0) is 22.9 Å². The Morgan fingerprint density at radius 3 is 2.66 bits per heavy atom. The molecule has 164 valence electrons. The Hall–Kier alpha value is -3.28. The van der Waals surface area contributed by atoms with E-state index in [0.29, 0.717) is 0 Å². The molecule has 0 saturated carbocycles. The number of hydrogen-bond acceptors (Lipinski definition) is 8. The van der Waals surface area contributed by atoms with Crippen LogP contribution < -0.4 is 4.72 Å². The van der Waals surface area contributed by atoms with Gasteiger partial charge in [0, 0.05) is 24.8 Å². The Labute approximate surface area is 192 Å². The molecule has 11 heteroatoms. The van der Waals surface area contributed by atoms with Crippen LogP contribution >= 0.6 is 22.7 Å². The number of rotatable bonds is 4. The second-order valence-electron chi connectivity index (χ2n) is 6.59. The monoisotopic (exact) mass is 486 g/mol. The van der Waals surface area contributed by atoms with E-state index in [9.17, 15) is 13.2 Å². The lowest BCUT2D eigenvalue weighted by Crippen LogP contribution is -2.15. The SMILES string of the molecule is COC(=O)c1sccc1S(=O)(=O)Nc1nc2c(ccc3ccccc32)s1.Cn1ccnc1. The zero-order chi connectivity index (χ0) is 22.7. The number of hydrogen-bond donors (Lipinski definition) is 1. The highest BCUT2D eigenvalue weighted by Gasteiger charge is 2.25. The number of methoxy groups -OCH3 is 1. The molecule has 0 aliphatic heterocycles. The fourth-order valence-electron chi connectivity index (χ4n) is 2.95. The predicted molar refractivity (Wildman–Crippen MR) is 127 cm³/mol. The summed E-state index contributed by atoms with van der Waals surface area (Å²) in [4.78, 5) is 19.9. The molecular formula is C21H18N4O4S3. The summed E-state index contributed by atoms with van der Waals surface area (Å²) >= 11 is 2.26. The third kappa shape index (κ3) is 4.49. The van der Waals surface area contributed by atoms with Crippen LogP contribution in [-0.4, -0.2) is 36.0 Å². The molecular weight excluding hydrogens is 468 g/mol. The maximum atomic E-state index is 12.7. The molecule has 2 aromatic carbocycles. The minimum absolute atomic E-state index is 0.0339. The van der Waals surface area contributed by atoms with Crippen LogP contribution in [0.2, 0.25) is 0 Å². The summed E-state index contributed by atoms with van der Waals surface area (Å²) in [6.45, 7) is 0. The maximum absolute atomic E-state index is 12.7. The first-order valence-corrected chi connectivity index (χ1v) is 12.5. The van der Waals surface area contributed by atoms with Gasteiger partial charge in [0.15, 0.2) is 5.13 Å². The number of thiazole rings is 1. The highest BCUT2D eigenvalue weighted by Crippen LogP contribution is 2.33. The van der Waals surface area contributed by atoms with Crippen molar-refractivity contribution in [3.05, 3.63) is 71.4 Å². The average molecular weight is 487 g/mol. The molecule has 0 atom stereocenters. The van der Waals surface area contributed by atoms with Gasteiger partial charge in [-0.1, -0.05) is 41.7 Å². The van der Waals surface area contributed by atoms with Crippen molar-refractivity contribution in [2.75, 3.05) is 11.8 Å². The molecule has 0 aliphatic carbocycles. The van der Waals surface area contributed by atoms with Crippen molar-refractivity contribution < 1.29 is 17.9 Å². The van der Waals surface area contributed by atoms with E-state index in [1.807, 2.05) is 54.2 Å². The first-order chi connectivity index (χ1) is 15.4. The number of fused-ring (bicyclic) bond motifs is 3. The van der Waals surface area contributed by atoms with Gasteiger partial charge in [0.05, 0.1) is 23.7 Å².